The molecule has 0 aromatic heterocycles. The van der Waals surface area contributed by atoms with Gasteiger partial charge in [-0.05, 0) is 31.2 Å². The summed E-state index contributed by atoms with van der Waals surface area (Å²) < 4.78 is 32.2. The third kappa shape index (κ3) is 2.73. The van der Waals surface area contributed by atoms with Crippen LogP contribution in [-0.2, 0) is 14.8 Å². The maximum atomic E-state index is 13.0. The molecule has 0 spiro atoms. The molecule has 1 aliphatic rings. The van der Waals surface area contributed by atoms with Crippen molar-refractivity contribution in [3.05, 3.63) is 72.0 Å². The number of sulfonamides is 1. The van der Waals surface area contributed by atoms with Gasteiger partial charge in [-0.1, -0.05) is 36.4 Å². The van der Waals surface area contributed by atoms with Crippen molar-refractivity contribution in [1.29, 1.82) is 0 Å². The first-order valence-electron chi connectivity index (χ1n) is 6.98. The lowest BCUT2D eigenvalue weighted by Crippen LogP contribution is -2.32. The second kappa shape index (κ2) is 5.55. The van der Waals surface area contributed by atoms with E-state index in [0.717, 1.165) is 9.87 Å². The summed E-state index contributed by atoms with van der Waals surface area (Å²) in [4.78, 5) is 12.2. The molecule has 3 rings (SSSR count). The topological polar surface area (TPSA) is 63.7 Å². The van der Waals surface area contributed by atoms with E-state index in [0.29, 0.717) is 0 Å². The highest BCUT2D eigenvalue weighted by atomic mass is 32.2. The quantitative estimate of drug-likeness (QED) is 0.795. The summed E-state index contributed by atoms with van der Waals surface area (Å²) in [6.07, 6.45) is 0. The Bertz CT molecular complexity index is 885. The van der Waals surface area contributed by atoms with Crippen LogP contribution in [0.15, 0.2) is 65.8 Å². The molecule has 23 heavy (non-hydrogen) atoms. The van der Waals surface area contributed by atoms with Gasteiger partial charge >= 0.3 is 5.97 Å². The lowest BCUT2D eigenvalue weighted by molar-refractivity contribution is 0.0630. The summed E-state index contributed by atoms with van der Waals surface area (Å²) >= 11 is 0. The maximum Gasteiger partial charge on any atom is 0.345 e. The first-order chi connectivity index (χ1) is 10.9. The van der Waals surface area contributed by atoms with Crippen LogP contribution < -0.4 is 4.31 Å². The normalized spacial score (nSPS) is 14.9. The summed E-state index contributed by atoms with van der Waals surface area (Å²) in [6.45, 7) is 5.40. The molecule has 0 aliphatic carbocycles. The molecule has 0 amide bonds. The Morgan fingerprint density at radius 2 is 1.74 bits per heavy atom. The Kier molecular flexibility index (Phi) is 3.69. The fraction of sp³-hybridized carbons (Fsp3) is 0.118. The third-order valence-corrected chi connectivity index (χ3v) is 5.33. The van der Waals surface area contributed by atoms with Crippen molar-refractivity contribution in [2.45, 2.75) is 11.8 Å². The Balaban J connectivity index is 2.17. The van der Waals surface area contributed by atoms with E-state index in [9.17, 15) is 13.2 Å². The molecule has 0 saturated heterocycles. The molecule has 6 heteroatoms. The molecule has 0 bridgehead atoms. The van der Waals surface area contributed by atoms with Crippen LogP contribution in [0.5, 0.6) is 0 Å². The number of fused-ring (bicyclic) bond motifs is 1. The van der Waals surface area contributed by atoms with Gasteiger partial charge in [0.05, 0.1) is 22.7 Å². The lowest BCUT2D eigenvalue weighted by Gasteiger charge is -2.23. The highest BCUT2D eigenvalue weighted by Crippen LogP contribution is 2.31. The first-order valence-corrected chi connectivity index (χ1v) is 8.42. The SMILES string of the molecule is C=C1CN(S(=O)(=O)c2ccc(C)cc2)c2ccccc2C(=O)O1. The van der Waals surface area contributed by atoms with Gasteiger partial charge in [-0.15, -0.1) is 0 Å². The van der Waals surface area contributed by atoms with Crippen LogP contribution in [0.4, 0.5) is 5.69 Å². The van der Waals surface area contributed by atoms with Crippen LogP contribution >= 0.6 is 0 Å². The van der Waals surface area contributed by atoms with E-state index in [2.05, 4.69) is 6.58 Å². The van der Waals surface area contributed by atoms with Gasteiger partial charge in [0, 0.05) is 0 Å². The van der Waals surface area contributed by atoms with Gasteiger partial charge < -0.3 is 4.74 Å². The van der Waals surface area contributed by atoms with Crippen LogP contribution in [0.3, 0.4) is 0 Å². The Labute approximate surface area is 134 Å². The molecular weight excluding hydrogens is 314 g/mol. The number of anilines is 1. The van der Waals surface area contributed by atoms with Gasteiger partial charge in [-0.25, -0.2) is 13.2 Å². The minimum absolute atomic E-state index is 0.0851. The van der Waals surface area contributed by atoms with Gasteiger partial charge in [-0.3, -0.25) is 4.31 Å². The molecule has 118 valence electrons. The molecule has 0 fully saturated rings. The molecule has 1 heterocycles. The van der Waals surface area contributed by atoms with E-state index in [1.807, 2.05) is 6.92 Å². The van der Waals surface area contributed by atoms with Gasteiger partial charge in [-0.2, -0.15) is 0 Å². The Morgan fingerprint density at radius 1 is 1.09 bits per heavy atom. The second-order valence-electron chi connectivity index (χ2n) is 5.27. The molecule has 0 N–H and O–H groups in total. The highest BCUT2D eigenvalue weighted by molar-refractivity contribution is 7.92. The van der Waals surface area contributed by atoms with E-state index in [4.69, 9.17) is 4.74 Å². The number of carbonyl (C=O) groups is 1. The van der Waals surface area contributed by atoms with E-state index in [-0.39, 0.29) is 28.5 Å². The fourth-order valence-corrected chi connectivity index (χ4v) is 3.85. The van der Waals surface area contributed by atoms with Gasteiger partial charge in [0.15, 0.2) is 0 Å². The van der Waals surface area contributed by atoms with Crippen molar-refractivity contribution in [2.75, 3.05) is 10.8 Å². The first kappa shape index (κ1) is 15.3. The van der Waals surface area contributed by atoms with E-state index >= 15 is 0 Å². The summed E-state index contributed by atoms with van der Waals surface area (Å²) in [6, 6.07) is 13.0. The number of carbonyl (C=O) groups excluding carboxylic acids is 1. The number of hydrogen-bond acceptors (Lipinski definition) is 4. The zero-order chi connectivity index (χ0) is 16.6. The number of aryl methyl sites for hydroxylation is 1. The second-order valence-corrected chi connectivity index (χ2v) is 7.13. The predicted molar refractivity (Wildman–Crippen MR) is 86.7 cm³/mol. The lowest BCUT2D eigenvalue weighted by atomic mass is 10.2. The number of cyclic esters (lactones) is 1. The number of esters is 1. The Morgan fingerprint density at radius 3 is 2.43 bits per heavy atom. The summed E-state index contributed by atoms with van der Waals surface area (Å²) in [5, 5.41) is 0. The molecule has 1 aliphatic heterocycles. The van der Waals surface area contributed by atoms with Gasteiger partial charge in [0.1, 0.15) is 5.76 Å². The number of nitrogens with zero attached hydrogens (tertiary/aromatic N) is 1. The zero-order valence-electron chi connectivity index (χ0n) is 12.5. The number of para-hydroxylation sites is 1. The van der Waals surface area contributed by atoms with E-state index in [1.165, 1.54) is 6.07 Å². The number of rotatable bonds is 2. The summed E-state index contributed by atoms with van der Waals surface area (Å²) in [7, 11) is -3.83. The molecular formula is C17H15NO4S. The molecule has 0 radical (unpaired) electrons. The third-order valence-electron chi connectivity index (χ3n) is 3.56. The standard InChI is InChI=1S/C17H15NO4S/c1-12-7-9-14(10-8-12)23(20,21)18-11-13(2)22-17(19)15-5-3-4-6-16(15)18/h3-10H,2,11H2,1H3. The fourth-order valence-electron chi connectivity index (χ4n) is 2.38. The minimum atomic E-state index is -3.83. The van der Waals surface area contributed by atoms with Gasteiger partial charge in [0.2, 0.25) is 0 Å². The van der Waals surface area contributed by atoms with Crippen molar-refractivity contribution < 1.29 is 17.9 Å². The van der Waals surface area contributed by atoms with Crippen molar-refractivity contribution in [3.8, 4) is 0 Å². The molecule has 5 nitrogen and oxygen atoms in total. The van der Waals surface area contributed by atoms with Crippen LogP contribution in [-0.4, -0.2) is 20.9 Å². The molecule has 0 saturated carbocycles. The number of hydrogen-bond donors (Lipinski definition) is 0. The molecule has 0 unspecified atom stereocenters. The Hall–Kier alpha value is -2.60. The van der Waals surface area contributed by atoms with Gasteiger partial charge in [0.25, 0.3) is 10.0 Å². The van der Waals surface area contributed by atoms with Crippen molar-refractivity contribution in [3.63, 3.8) is 0 Å². The van der Waals surface area contributed by atoms with Crippen molar-refractivity contribution in [1.82, 2.24) is 0 Å². The summed E-state index contributed by atoms with van der Waals surface area (Å²) in [5.74, 6) is -0.519. The average Bonchev–Trinajstić information content (AvgIpc) is 2.65. The highest BCUT2D eigenvalue weighted by Gasteiger charge is 2.32. The predicted octanol–water partition coefficient (Wildman–Crippen LogP) is 2.87. The van der Waals surface area contributed by atoms with Crippen molar-refractivity contribution >= 4 is 21.7 Å². The molecule has 2 aromatic carbocycles. The number of ether oxygens (including phenoxy) is 1. The monoisotopic (exact) mass is 329 g/mol. The van der Waals surface area contributed by atoms with Crippen molar-refractivity contribution in [2.24, 2.45) is 0 Å². The van der Waals surface area contributed by atoms with Crippen LogP contribution in [0, 0.1) is 6.92 Å². The van der Waals surface area contributed by atoms with Crippen LogP contribution in [0.25, 0.3) is 0 Å². The van der Waals surface area contributed by atoms with Crippen LogP contribution in [0.2, 0.25) is 0 Å². The largest absolute Gasteiger partial charge is 0.426 e. The average molecular weight is 329 g/mol. The minimum Gasteiger partial charge on any atom is -0.426 e. The molecule has 0 atom stereocenters. The number of benzene rings is 2. The van der Waals surface area contributed by atoms with E-state index in [1.54, 1.807) is 42.5 Å². The summed E-state index contributed by atoms with van der Waals surface area (Å²) in [5.41, 5.74) is 1.45. The van der Waals surface area contributed by atoms with E-state index < -0.39 is 16.0 Å². The molecule has 2 aromatic rings. The maximum absolute atomic E-state index is 13.0. The zero-order valence-corrected chi connectivity index (χ0v) is 13.3. The smallest absolute Gasteiger partial charge is 0.345 e. The van der Waals surface area contributed by atoms with Crippen LogP contribution in [0.1, 0.15) is 15.9 Å².